The lowest BCUT2D eigenvalue weighted by Gasteiger charge is -2.09. The first-order valence-electron chi connectivity index (χ1n) is 9.54. The van der Waals surface area contributed by atoms with Crippen LogP contribution in [0.15, 0.2) is 42.5 Å². The van der Waals surface area contributed by atoms with Crippen LogP contribution in [0.25, 0.3) is 22.3 Å². The minimum absolute atomic E-state index is 0.191. The molecule has 0 bridgehead atoms. The number of hydrogen-bond donors (Lipinski definition) is 3. The van der Waals surface area contributed by atoms with Crippen LogP contribution in [0, 0.1) is 12.7 Å². The lowest BCUT2D eigenvalue weighted by atomic mass is 10.1. The van der Waals surface area contributed by atoms with E-state index in [-0.39, 0.29) is 11.4 Å². The third-order valence-electron chi connectivity index (χ3n) is 4.81. The van der Waals surface area contributed by atoms with Crippen molar-refractivity contribution in [3.8, 4) is 11.4 Å². The highest BCUT2D eigenvalue weighted by Crippen LogP contribution is 2.32. The topological polar surface area (TPSA) is 104 Å². The zero-order valence-corrected chi connectivity index (χ0v) is 16.5. The molecule has 2 aromatic heterocycles. The molecule has 0 fully saturated rings. The Bertz CT molecular complexity index is 1250. The summed E-state index contributed by atoms with van der Waals surface area (Å²) in [5.74, 6) is 0.128. The highest BCUT2D eigenvalue weighted by atomic mass is 19.1. The van der Waals surface area contributed by atoms with Crippen LogP contribution in [0.3, 0.4) is 0 Å². The molecule has 0 unspecified atom stereocenters. The van der Waals surface area contributed by atoms with Crippen LogP contribution in [0.4, 0.5) is 10.3 Å². The number of halogens is 1. The third-order valence-corrected chi connectivity index (χ3v) is 4.81. The normalized spacial score (nSPS) is 11.0. The number of hydrogen-bond acceptors (Lipinski definition) is 5. The Morgan fingerprint density at radius 3 is 2.70 bits per heavy atom. The van der Waals surface area contributed by atoms with Gasteiger partial charge in [0.2, 0.25) is 5.95 Å². The summed E-state index contributed by atoms with van der Waals surface area (Å²) in [6.45, 7) is 4.16. The summed E-state index contributed by atoms with van der Waals surface area (Å²) < 4.78 is 13.4. The van der Waals surface area contributed by atoms with Crippen molar-refractivity contribution in [1.82, 2.24) is 19.9 Å². The molecule has 4 aromatic rings. The van der Waals surface area contributed by atoms with Gasteiger partial charge in [-0.15, -0.1) is 0 Å². The van der Waals surface area contributed by atoms with E-state index in [9.17, 15) is 14.3 Å². The highest BCUT2D eigenvalue weighted by Gasteiger charge is 2.19. The second-order valence-electron chi connectivity index (χ2n) is 6.89. The van der Waals surface area contributed by atoms with Gasteiger partial charge in [0, 0.05) is 29.6 Å². The van der Waals surface area contributed by atoms with E-state index in [0.29, 0.717) is 36.1 Å². The molecule has 2 aromatic carbocycles. The number of aryl methyl sites for hydroxylation is 2. The van der Waals surface area contributed by atoms with Gasteiger partial charge in [-0.1, -0.05) is 31.2 Å². The number of carboxylic acids is 1. The summed E-state index contributed by atoms with van der Waals surface area (Å²) in [6, 6.07) is 11.4. The van der Waals surface area contributed by atoms with Gasteiger partial charge in [-0.25, -0.2) is 14.2 Å². The van der Waals surface area contributed by atoms with Gasteiger partial charge >= 0.3 is 5.97 Å². The maximum Gasteiger partial charge on any atom is 0.337 e. The van der Waals surface area contributed by atoms with Gasteiger partial charge in [-0.3, -0.25) is 0 Å². The summed E-state index contributed by atoms with van der Waals surface area (Å²) in [7, 11) is 0. The number of aromatic carboxylic acids is 1. The summed E-state index contributed by atoms with van der Waals surface area (Å²) in [6.07, 6.45) is 0.603. The first-order valence-corrected chi connectivity index (χ1v) is 9.54. The Balaban J connectivity index is 1.76. The van der Waals surface area contributed by atoms with E-state index in [1.165, 1.54) is 12.1 Å². The number of nitrogens with zero attached hydrogens (tertiary/aromatic N) is 3. The number of anilines is 1. The molecule has 0 atom stereocenters. The van der Waals surface area contributed by atoms with Crippen molar-refractivity contribution < 1.29 is 14.3 Å². The smallest absolute Gasteiger partial charge is 0.337 e. The first kappa shape index (κ1) is 19.5. The molecule has 8 heteroatoms. The fourth-order valence-electron chi connectivity index (χ4n) is 3.41. The van der Waals surface area contributed by atoms with Crippen LogP contribution in [0.1, 0.15) is 34.4 Å². The summed E-state index contributed by atoms with van der Waals surface area (Å²) in [5.41, 5.74) is 2.99. The van der Waals surface area contributed by atoms with Crippen molar-refractivity contribution in [2.75, 3.05) is 5.32 Å². The number of rotatable bonds is 6. The number of nitrogens with one attached hydrogen (secondary N) is 2. The molecule has 4 rings (SSSR count). The van der Waals surface area contributed by atoms with Crippen LogP contribution in [-0.4, -0.2) is 31.0 Å². The second kappa shape index (κ2) is 7.90. The molecule has 3 N–H and O–H groups in total. The van der Waals surface area contributed by atoms with Gasteiger partial charge in [0.1, 0.15) is 11.6 Å². The number of H-pyrrole nitrogens is 1. The molecule has 152 valence electrons. The minimum Gasteiger partial charge on any atom is -0.478 e. The van der Waals surface area contributed by atoms with E-state index in [2.05, 4.69) is 25.3 Å². The molecule has 30 heavy (non-hydrogen) atoms. The predicted octanol–water partition coefficient (Wildman–Crippen LogP) is 4.34. The molecule has 2 heterocycles. The molecule has 0 radical (unpaired) electrons. The second-order valence-corrected chi connectivity index (χ2v) is 6.89. The Morgan fingerprint density at radius 1 is 1.17 bits per heavy atom. The fraction of sp³-hybridized carbons (Fsp3) is 0.182. The molecule has 0 aliphatic carbocycles. The molecule has 0 amide bonds. The van der Waals surface area contributed by atoms with Crippen molar-refractivity contribution in [2.45, 2.75) is 26.8 Å². The average molecular weight is 405 g/mol. The standard InChI is InChI=1S/C22H20FN5O2/c1-3-17-26-20(28-22(27-17)24-11-13-6-4-7-14(23)10-13)18-12(2)25-19-15(18)8-5-9-16(19)21(29)30/h4-10,25H,3,11H2,1-2H3,(H,29,30)(H,24,26,27,28). The van der Waals surface area contributed by atoms with Gasteiger partial charge in [0.05, 0.1) is 11.1 Å². The predicted molar refractivity (Wildman–Crippen MR) is 112 cm³/mol. The van der Waals surface area contributed by atoms with Crippen molar-refractivity contribution >= 4 is 22.8 Å². The molecule has 7 nitrogen and oxygen atoms in total. The monoisotopic (exact) mass is 405 g/mol. The van der Waals surface area contributed by atoms with E-state index in [1.54, 1.807) is 18.2 Å². The number of para-hydroxylation sites is 1. The molecule has 0 saturated heterocycles. The van der Waals surface area contributed by atoms with Crippen LogP contribution in [0.2, 0.25) is 0 Å². The largest absolute Gasteiger partial charge is 0.478 e. The Kier molecular flexibility index (Phi) is 5.14. The van der Waals surface area contributed by atoms with Crippen molar-refractivity contribution in [3.05, 3.63) is 70.9 Å². The molecule has 0 aliphatic rings. The maximum absolute atomic E-state index is 13.4. The van der Waals surface area contributed by atoms with Crippen molar-refractivity contribution in [1.29, 1.82) is 0 Å². The van der Waals surface area contributed by atoms with Crippen molar-refractivity contribution in [2.24, 2.45) is 0 Å². The Labute approximate surface area is 172 Å². The third kappa shape index (κ3) is 3.71. The van der Waals surface area contributed by atoms with E-state index in [1.807, 2.05) is 26.0 Å². The SMILES string of the molecule is CCc1nc(NCc2cccc(F)c2)nc(-c2c(C)[nH]c3c(C(=O)O)cccc23)n1. The van der Waals surface area contributed by atoms with Crippen LogP contribution in [-0.2, 0) is 13.0 Å². The first-order chi connectivity index (χ1) is 14.5. The van der Waals surface area contributed by atoms with Crippen LogP contribution in [0.5, 0.6) is 0 Å². The van der Waals surface area contributed by atoms with Gasteiger partial charge in [0.15, 0.2) is 5.82 Å². The zero-order chi connectivity index (χ0) is 21.3. The molecule has 0 saturated carbocycles. The van der Waals surface area contributed by atoms with Gasteiger partial charge in [0.25, 0.3) is 0 Å². The number of aromatic nitrogens is 4. The number of aromatic amines is 1. The van der Waals surface area contributed by atoms with E-state index >= 15 is 0 Å². The highest BCUT2D eigenvalue weighted by molar-refractivity contribution is 6.07. The van der Waals surface area contributed by atoms with E-state index in [0.717, 1.165) is 22.2 Å². The van der Waals surface area contributed by atoms with Crippen LogP contribution >= 0.6 is 0 Å². The fourth-order valence-corrected chi connectivity index (χ4v) is 3.41. The van der Waals surface area contributed by atoms with Gasteiger partial charge in [-0.2, -0.15) is 9.97 Å². The van der Waals surface area contributed by atoms with Gasteiger partial charge in [-0.05, 0) is 30.7 Å². The summed E-state index contributed by atoms with van der Waals surface area (Å²) in [4.78, 5) is 28.3. The summed E-state index contributed by atoms with van der Waals surface area (Å²) >= 11 is 0. The minimum atomic E-state index is -1.00. The van der Waals surface area contributed by atoms with E-state index in [4.69, 9.17) is 0 Å². The van der Waals surface area contributed by atoms with Crippen LogP contribution < -0.4 is 5.32 Å². The molecule has 0 aliphatic heterocycles. The van der Waals surface area contributed by atoms with Gasteiger partial charge < -0.3 is 15.4 Å². The lowest BCUT2D eigenvalue weighted by Crippen LogP contribution is -2.08. The molecular weight excluding hydrogens is 385 g/mol. The molecular formula is C22H20FN5O2. The lowest BCUT2D eigenvalue weighted by molar-refractivity contribution is 0.0699. The van der Waals surface area contributed by atoms with E-state index < -0.39 is 5.97 Å². The number of fused-ring (bicyclic) bond motifs is 1. The summed E-state index contributed by atoms with van der Waals surface area (Å²) in [5, 5.41) is 13.3. The quantitative estimate of drug-likeness (QED) is 0.441. The Hall–Kier alpha value is -3.81. The zero-order valence-electron chi connectivity index (χ0n) is 16.5. The number of carboxylic acid groups (broad SMARTS) is 1. The Morgan fingerprint density at radius 2 is 1.97 bits per heavy atom. The average Bonchev–Trinajstić information content (AvgIpc) is 3.07. The molecule has 0 spiro atoms. The maximum atomic E-state index is 13.4. The van der Waals surface area contributed by atoms with Crippen molar-refractivity contribution in [3.63, 3.8) is 0 Å². The number of carbonyl (C=O) groups is 1. The number of benzene rings is 2.